The number of rotatable bonds is 10. The fourth-order valence-electron chi connectivity index (χ4n) is 9.83. The lowest BCUT2D eigenvalue weighted by Gasteiger charge is -2.63. The van der Waals surface area contributed by atoms with Crippen LogP contribution in [0.1, 0.15) is 97.8 Å². The molecule has 0 bridgehead atoms. The quantitative estimate of drug-likeness (QED) is 0.183. The number of carbonyl (C=O) groups is 2. The number of hydrogen-bond donors (Lipinski definition) is 6. The number of carbonyl (C=O) groups excluding carboxylic acids is 1. The van der Waals surface area contributed by atoms with Gasteiger partial charge in [-0.2, -0.15) is 0 Å². The second-order valence-corrected chi connectivity index (χ2v) is 14.0. The smallest absolute Gasteiger partial charge is 0.331 e. The second-order valence-electron chi connectivity index (χ2n) is 14.0. The molecule has 4 aliphatic rings. The predicted molar refractivity (Wildman–Crippen MR) is 145 cm³/mol. The van der Waals surface area contributed by atoms with E-state index in [4.69, 9.17) is 11.5 Å². The molecular formula is C30H52N2O6. The molecule has 0 heterocycles. The molecule has 4 fully saturated rings. The topological polar surface area (TPSA) is 167 Å². The standard InChI is InChI=1S/C30H52N2O6/c1-17(6-9-24(35)30(32,27(37)38)11-4-5-13-31)20-7-8-21-26-22(16-25(36)29(20,21)3)28(2)12-10-19(33)14-18(28)15-23(26)34/h17-23,25-26,33-34,36H,4-16,31-32H2,1-3H3,(H,37,38)/t17?,18?,19?,20?,21?,22?,23?,25?,26?,28?,29?,30-/m0/s1. The van der Waals surface area contributed by atoms with Gasteiger partial charge in [0.2, 0.25) is 0 Å². The van der Waals surface area contributed by atoms with Gasteiger partial charge < -0.3 is 31.9 Å². The molecule has 218 valence electrons. The van der Waals surface area contributed by atoms with Crippen LogP contribution in [0.4, 0.5) is 0 Å². The number of nitrogens with two attached hydrogens (primary N) is 2. The van der Waals surface area contributed by atoms with Crippen LogP contribution in [-0.4, -0.2) is 62.6 Å². The van der Waals surface area contributed by atoms with E-state index in [9.17, 15) is 30.0 Å². The number of unbranched alkanes of at least 4 members (excludes halogenated alkanes) is 1. The summed E-state index contributed by atoms with van der Waals surface area (Å²) < 4.78 is 0. The Kier molecular flexibility index (Phi) is 8.72. The molecule has 38 heavy (non-hydrogen) atoms. The van der Waals surface area contributed by atoms with E-state index in [0.29, 0.717) is 32.2 Å². The predicted octanol–water partition coefficient (Wildman–Crippen LogP) is 2.84. The highest BCUT2D eigenvalue weighted by molar-refractivity contribution is 6.07. The molecule has 12 atom stereocenters. The zero-order chi connectivity index (χ0) is 28.0. The van der Waals surface area contributed by atoms with Gasteiger partial charge in [-0.25, -0.2) is 4.79 Å². The Balaban J connectivity index is 1.47. The molecule has 8 N–H and O–H groups in total. The SMILES string of the molecule is CC(CCC(=O)[C@@](N)(CCCCN)C(=O)O)C1CCC2C3C(O)CC4CC(O)CCC4(C)C3CC(O)C12C. The molecule has 11 unspecified atom stereocenters. The number of aliphatic hydroxyl groups excluding tert-OH is 3. The minimum absolute atomic E-state index is 0.0345. The van der Waals surface area contributed by atoms with Crippen molar-refractivity contribution in [3.63, 3.8) is 0 Å². The Morgan fingerprint density at radius 2 is 1.74 bits per heavy atom. The van der Waals surface area contributed by atoms with Crippen molar-refractivity contribution < 1.29 is 30.0 Å². The van der Waals surface area contributed by atoms with Crippen LogP contribution < -0.4 is 11.5 Å². The highest BCUT2D eigenvalue weighted by Crippen LogP contribution is 2.68. The summed E-state index contributed by atoms with van der Waals surface area (Å²) in [5.41, 5.74) is 9.45. The first-order valence-corrected chi connectivity index (χ1v) is 15.1. The van der Waals surface area contributed by atoms with Crippen LogP contribution in [0, 0.1) is 46.3 Å². The minimum Gasteiger partial charge on any atom is -0.480 e. The van der Waals surface area contributed by atoms with Gasteiger partial charge in [-0.3, -0.25) is 4.79 Å². The zero-order valence-corrected chi connectivity index (χ0v) is 23.6. The summed E-state index contributed by atoms with van der Waals surface area (Å²) in [4.78, 5) is 24.9. The molecule has 0 amide bonds. The molecule has 0 aromatic rings. The van der Waals surface area contributed by atoms with Crippen LogP contribution in [0.5, 0.6) is 0 Å². The van der Waals surface area contributed by atoms with Crippen LogP contribution in [0.2, 0.25) is 0 Å². The Morgan fingerprint density at radius 1 is 1.03 bits per heavy atom. The summed E-state index contributed by atoms with van der Waals surface area (Å²) in [5, 5.41) is 43.2. The van der Waals surface area contributed by atoms with E-state index in [2.05, 4.69) is 20.8 Å². The van der Waals surface area contributed by atoms with Crippen molar-refractivity contribution in [2.45, 2.75) is 122 Å². The summed E-state index contributed by atoms with van der Waals surface area (Å²) in [7, 11) is 0. The molecule has 0 spiro atoms. The molecule has 4 aliphatic carbocycles. The van der Waals surface area contributed by atoms with Crippen LogP contribution in [-0.2, 0) is 9.59 Å². The van der Waals surface area contributed by atoms with Gasteiger partial charge in [0.05, 0.1) is 18.3 Å². The summed E-state index contributed by atoms with van der Waals surface area (Å²) >= 11 is 0. The maximum Gasteiger partial charge on any atom is 0.331 e. The number of fused-ring (bicyclic) bond motifs is 5. The first-order valence-electron chi connectivity index (χ1n) is 15.1. The third-order valence-corrected chi connectivity index (χ3v) is 12.3. The first kappa shape index (κ1) is 29.9. The van der Waals surface area contributed by atoms with Crippen molar-refractivity contribution in [1.82, 2.24) is 0 Å². The number of ketones is 1. The van der Waals surface area contributed by atoms with E-state index in [1.807, 2.05) is 0 Å². The van der Waals surface area contributed by atoms with Crippen molar-refractivity contribution in [1.29, 1.82) is 0 Å². The molecule has 0 aromatic carbocycles. The molecule has 4 saturated carbocycles. The van der Waals surface area contributed by atoms with Gasteiger partial charge in [0.1, 0.15) is 0 Å². The lowest BCUT2D eigenvalue weighted by molar-refractivity contribution is -0.207. The number of hydrogen-bond acceptors (Lipinski definition) is 7. The molecule has 8 nitrogen and oxygen atoms in total. The van der Waals surface area contributed by atoms with Crippen LogP contribution in [0.3, 0.4) is 0 Å². The minimum atomic E-state index is -1.87. The average molecular weight is 537 g/mol. The highest BCUT2D eigenvalue weighted by Gasteiger charge is 2.65. The van der Waals surface area contributed by atoms with Gasteiger partial charge in [0.25, 0.3) is 0 Å². The Bertz CT molecular complexity index is 885. The molecule has 0 saturated heterocycles. The van der Waals surface area contributed by atoms with Gasteiger partial charge in [0, 0.05) is 6.42 Å². The molecule has 0 radical (unpaired) electrons. The summed E-state index contributed by atoms with van der Waals surface area (Å²) in [5.74, 6) is -0.507. The monoisotopic (exact) mass is 536 g/mol. The molecule has 0 aliphatic heterocycles. The fraction of sp³-hybridized carbons (Fsp3) is 0.933. The summed E-state index contributed by atoms with van der Waals surface area (Å²) in [6.07, 6.45) is 6.44. The van der Waals surface area contributed by atoms with E-state index in [1.165, 1.54) is 0 Å². The van der Waals surface area contributed by atoms with E-state index in [1.54, 1.807) is 0 Å². The first-order chi connectivity index (χ1) is 17.8. The molecule has 8 heteroatoms. The van der Waals surface area contributed by atoms with Gasteiger partial charge in [0.15, 0.2) is 11.3 Å². The van der Waals surface area contributed by atoms with E-state index < -0.39 is 29.5 Å². The Hall–Kier alpha value is -1.06. The summed E-state index contributed by atoms with van der Waals surface area (Å²) in [6, 6.07) is 0. The lowest BCUT2D eigenvalue weighted by Crippen LogP contribution is -2.62. The van der Waals surface area contributed by atoms with Crippen LogP contribution in [0.15, 0.2) is 0 Å². The van der Waals surface area contributed by atoms with E-state index >= 15 is 0 Å². The Morgan fingerprint density at radius 3 is 2.39 bits per heavy atom. The van der Waals surface area contributed by atoms with Crippen molar-refractivity contribution in [3.8, 4) is 0 Å². The number of Topliss-reactive ketones (excluding diaryl/α,β-unsaturated/α-hetero) is 1. The van der Waals surface area contributed by atoms with Crippen LogP contribution in [0.25, 0.3) is 0 Å². The van der Waals surface area contributed by atoms with Gasteiger partial charge >= 0.3 is 5.97 Å². The number of carboxylic acids is 1. The highest BCUT2D eigenvalue weighted by atomic mass is 16.4. The number of carboxylic acid groups (broad SMARTS) is 1. The van der Waals surface area contributed by atoms with Crippen LogP contribution >= 0.6 is 0 Å². The van der Waals surface area contributed by atoms with Crippen molar-refractivity contribution in [2.24, 2.45) is 57.8 Å². The normalized spacial score (nSPS) is 44.8. The van der Waals surface area contributed by atoms with E-state index in [-0.39, 0.29) is 65.3 Å². The zero-order valence-electron chi connectivity index (χ0n) is 23.6. The van der Waals surface area contributed by atoms with Gasteiger partial charge in [-0.15, -0.1) is 0 Å². The maximum atomic E-state index is 13.0. The third kappa shape index (κ3) is 4.87. The van der Waals surface area contributed by atoms with Crippen molar-refractivity contribution in [2.75, 3.05) is 6.54 Å². The summed E-state index contributed by atoms with van der Waals surface area (Å²) in [6.45, 7) is 7.08. The van der Waals surface area contributed by atoms with Crippen molar-refractivity contribution >= 4 is 11.8 Å². The second kappa shape index (κ2) is 11.1. The molecular weight excluding hydrogens is 484 g/mol. The average Bonchev–Trinajstić information content (AvgIpc) is 3.22. The third-order valence-electron chi connectivity index (χ3n) is 12.3. The molecule has 4 rings (SSSR count). The van der Waals surface area contributed by atoms with E-state index in [0.717, 1.165) is 38.5 Å². The van der Waals surface area contributed by atoms with Gasteiger partial charge in [-0.1, -0.05) is 20.8 Å². The Labute approximate surface area is 227 Å². The van der Waals surface area contributed by atoms with Crippen molar-refractivity contribution in [3.05, 3.63) is 0 Å². The number of aliphatic carboxylic acids is 1. The lowest BCUT2D eigenvalue weighted by atomic mass is 9.43. The van der Waals surface area contributed by atoms with Gasteiger partial charge in [-0.05, 0) is 124 Å². The largest absolute Gasteiger partial charge is 0.480 e. The molecule has 0 aromatic heterocycles. The number of aliphatic hydroxyl groups is 3. The maximum absolute atomic E-state index is 13.0. The fourth-order valence-corrected chi connectivity index (χ4v) is 9.83.